The Labute approximate surface area is 138 Å². The molecule has 1 aliphatic rings. The van der Waals surface area contributed by atoms with E-state index in [1.54, 1.807) is 23.6 Å². The van der Waals surface area contributed by atoms with Crippen LogP contribution in [0, 0.1) is 11.3 Å². The second-order valence-corrected chi connectivity index (χ2v) is 6.03. The third kappa shape index (κ3) is 2.36. The minimum absolute atomic E-state index is 0.0610. The number of pyridine rings is 1. The molecule has 7 heteroatoms. The maximum absolute atomic E-state index is 12.1. The lowest BCUT2D eigenvalue weighted by Crippen LogP contribution is -2.39. The number of nitrogens with zero attached hydrogens (tertiary/aromatic N) is 5. The summed E-state index contributed by atoms with van der Waals surface area (Å²) in [7, 11) is 0. The van der Waals surface area contributed by atoms with Crippen LogP contribution in [0.5, 0.6) is 0 Å². The molecule has 0 unspecified atom stereocenters. The summed E-state index contributed by atoms with van der Waals surface area (Å²) in [5.74, 6) is 0.0924. The van der Waals surface area contributed by atoms with Gasteiger partial charge in [-0.2, -0.15) is 5.26 Å². The van der Waals surface area contributed by atoms with Crippen molar-refractivity contribution < 1.29 is 4.79 Å². The van der Waals surface area contributed by atoms with Crippen LogP contribution in [0.1, 0.15) is 30.9 Å². The van der Waals surface area contributed by atoms with Crippen LogP contribution in [-0.4, -0.2) is 43.8 Å². The zero-order valence-electron chi connectivity index (χ0n) is 13.1. The molecule has 0 aliphatic carbocycles. The molecule has 7 nitrogen and oxygen atoms in total. The van der Waals surface area contributed by atoms with Gasteiger partial charge in [0.2, 0.25) is 5.91 Å². The number of amides is 1. The number of rotatable bonds is 2. The lowest BCUT2D eigenvalue weighted by atomic mass is 9.91. The summed E-state index contributed by atoms with van der Waals surface area (Å²) >= 11 is 0. The molecule has 4 rings (SSSR count). The van der Waals surface area contributed by atoms with Crippen LogP contribution in [0.4, 0.5) is 0 Å². The van der Waals surface area contributed by atoms with Gasteiger partial charge in [0.05, 0.1) is 24.1 Å². The molecule has 0 aromatic carbocycles. The van der Waals surface area contributed by atoms with Crippen LogP contribution in [0.2, 0.25) is 0 Å². The topological polar surface area (TPSA) is 98.6 Å². The number of aromatic amines is 1. The first-order valence-electron chi connectivity index (χ1n) is 7.99. The number of hydrogen-bond donors (Lipinski definition) is 1. The Hall–Kier alpha value is -3.01. The third-order valence-electron chi connectivity index (χ3n) is 4.62. The van der Waals surface area contributed by atoms with Gasteiger partial charge in [-0.25, -0.2) is 15.0 Å². The van der Waals surface area contributed by atoms with Gasteiger partial charge < -0.3 is 9.88 Å². The summed E-state index contributed by atoms with van der Waals surface area (Å²) in [4.78, 5) is 30.1. The number of piperidine rings is 1. The first-order valence-corrected chi connectivity index (χ1v) is 7.99. The zero-order valence-corrected chi connectivity index (χ0v) is 13.1. The van der Waals surface area contributed by atoms with E-state index in [0.29, 0.717) is 12.2 Å². The number of nitriles is 1. The van der Waals surface area contributed by atoms with Crippen molar-refractivity contribution in [2.75, 3.05) is 13.1 Å². The Morgan fingerprint density at radius 2 is 2.33 bits per heavy atom. The molecule has 1 fully saturated rings. The minimum atomic E-state index is -0.0950. The second kappa shape index (κ2) is 5.89. The molecule has 3 aromatic rings. The number of carbonyl (C=O) groups is 1. The average molecular weight is 320 g/mol. The molecule has 0 spiro atoms. The predicted octanol–water partition coefficient (Wildman–Crippen LogP) is 2.13. The summed E-state index contributed by atoms with van der Waals surface area (Å²) in [5.41, 5.74) is 2.60. The van der Waals surface area contributed by atoms with Gasteiger partial charge in [0, 0.05) is 41.7 Å². The highest BCUT2D eigenvalue weighted by atomic mass is 16.2. The molecular weight excluding hydrogens is 304 g/mol. The van der Waals surface area contributed by atoms with Gasteiger partial charge in [0.15, 0.2) is 5.65 Å². The quantitative estimate of drug-likeness (QED) is 0.780. The Morgan fingerprint density at radius 1 is 1.42 bits per heavy atom. The smallest absolute Gasteiger partial charge is 0.236 e. The Bertz CT molecular complexity index is 957. The van der Waals surface area contributed by atoms with E-state index in [0.717, 1.165) is 41.4 Å². The summed E-state index contributed by atoms with van der Waals surface area (Å²) in [5, 5.41) is 10.8. The number of likely N-dealkylation sites (tertiary alicyclic amines) is 1. The lowest BCUT2D eigenvalue weighted by molar-refractivity contribution is -0.131. The van der Waals surface area contributed by atoms with Crippen molar-refractivity contribution in [1.82, 2.24) is 24.8 Å². The summed E-state index contributed by atoms with van der Waals surface area (Å²) < 4.78 is 0. The first-order chi connectivity index (χ1) is 11.8. The van der Waals surface area contributed by atoms with Crippen LogP contribution in [0.15, 0.2) is 24.8 Å². The molecule has 4 heterocycles. The predicted molar refractivity (Wildman–Crippen MR) is 88.0 cm³/mol. The minimum Gasteiger partial charge on any atom is -0.349 e. The van der Waals surface area contributed by atoms with Gasteiger partial charge in [-0.3, -0.25) is 4.79 Å². The van der Waals surface area contributed by atoms with E-state index in [-0.39, 0.29) is 18.2 Å². The molecule has 1 amide bonds. The van der Waals surface area contributed by atoms with Crippen LogP contribution in [0.3, 0.4) is 0 Å². The fourth-order valence-electron chi connectivity index (χ4n) is 3.51. The van der Waals surface area contributed by atoms with Crippen molar-refractivity contribution in [2.24, 2.45) is 0 Å². The van der Waals surface area contributed by atoms with Crippen molar-refractivity contribution in [3.8, 4) is 6.07 Å². The van der Waals surface area contributed by atoms with E-state index in [1.807, 2.05) is 12.1 Å². The van der Waals surface area contributed by atoms with Crippen LogP contribution in [0.25, 0.3) is 21.9 Å². The normalized spacial score (nSPS) is 18.0. The molecule has 120 valence electrons. The largest absolute Gasteiger partial charge is 0.349 e. The van der Waals surface area contributed by atoms with Crippen molar-refractivity contribution in [3.63, 3.8) is 0 Å². The fourth-order valence-corrected chi connectivity index (χ4v) is 3.51. The molecule has 1 aliphatic heterocycles. The Kier molecular flexibility index (Phi) is 3.58. The Balaban J connectivity index is 1.77. The highest BCUT2D eigenvalue weighted by molar-refractivity contribution is 6.04. The zero-order chi connectivity index (χ0) is 16.5. The summed E-state index contributed by atoms with van der Waals surface area (Å²) in [6.45, 7) is 1.34. The van der Waals surface area contributed by atoms with Gasteiger partial charge in [0.1, 0.15) is 6.42 Å². The number of carbonyl (C=O) groups excluding carboxylic acids is 1. The molecular formula is C17H16N6O. The van der Waals surface area contributed by atoms with Crippen molar-refractivity contribution >= 4 is 27.8 Å². The van der Waals surface area contributed by atoms with E-state index in [2.05, 4.69) is 19.9 Å². The van der Waals surface area contributed by atoms with E-state index in [9.17, 15) is 4.79 Å². The number of fused-ring (bicyclic) bond motifs is 3. The summed E-state index contributed by atoms with van der Waals surface area (Å²) in [6, 6.07) is 3.89. The van der Waals surface area contributed by atoms with Crippen LogP contribution in [-0.2, 0) is 4.79 Å². The van der Waals surface area contributed by atoms with E-state index in [4.69, 9.17) is 5.26 Å². The molecule has 3 aromatic heterocycles. The van der Waals surface area contributed by atoms with Crippen LogP contribution >= 0.6 is 0 Å². The van der Waals surface area contributed by atoms with Crippen LogP contribution < -0.4 is 0 Å². The summed E-state index contributed by atoms with van der Waals surface area (Å²) in [6.07, 6.45) is 7.02. The molecule has 0 radical (unpaired) electrons. The highest BCUT2D eigenvalue weighted by Gasteiger charge is 2.27. The Morgan fingerprint density at radius 3 is 3.21 bits per heavy atom. The fraction of sp³-hybridized carbons (Fsp3) is 0.353. The number of aromatic nitrogens is 4. The maximum atomic E-state index is 12.1. The van der Waals surface area contributed by atoms with Gasteiger partial charge in [-0.05, 0) is 18.9 Å². The van der Waals surface area contributed by atoms with Gasteiger partial charge in [-0.1, -0.05) is 0 Å². The maximum Gasteiger partial charge on any atom is 0.236 e. The highest BCUT2D eigenvalue weighted by Crippen LogP contribution is 2.33. The van der Waals surface area contributed by atoms with Crippen molar-refractivity contribution in [3.05, 3.63) is 30.5 Å². The standard InChI is InChI=1S/C17H16N6O/c18-5-3-14(24)23-7-1-2-11(9-23)16-15-12-4-6-19-17(12)20-8-13(15)21-10-22-16/h4,6,8,10-11H,1-3,7,9H2,(H,21,22)/t11-/m1/s1. The SMILES string of the molecule is N#CCC(=O)N1CCC[C@@H](c2[nH]cnc3cnc4nccc4c23)C1. The van der Waals surface area contributed by atoms with E-state index >= 15 is 0 Å². The van der Waals surface area contributed by atoms with E-state index in [1.165, 1.54) is 0 Å². The van der Waals surface area contributed by atoms with Gasteiger partial charge in [-0.15, -0.1) is 0 Å². The molecule has 0 saturated carbocycles. The lowest BCUT2D eigenvalue weighted by Gasteiger charge is -2.32. The monoisotopic (exact) mass is 320 g/mol. The van der Waals surface area contributed by atoms with Gasteiger partial charge in [0.25, 0.3) is 0 Å². The number of H-pyrrole nitrogens is 1. The average Bonchev–Trinajstić information content (AvgIpc) is 3.10. The molecule has 0 bridgehead atoms. The molecule has 1 atom stereocenters. The van der Waals surface area contributed by atoms with Crippen molar-refractivity contribution in [2.45, 2.75) is 25.2 Å². The molecule has 1 saturated heterocycles. The molecule has 1 N–H and O–H groups in total. The number of nitrogens with one attached hydrogen (secondary N) is 1. The number of hydrogen-bond acceptors (Lipinski definition) is 5. The molecule has 24 heavy (non-hydrogen) atoms. The van der Waals surface area contributed by atoms with E-state index < -0.39 is 0 Å². The first kappa shape index (κ1) is 14.6. The van der Waals surface area contributed by atoms with Gasteiger partial charge >= 0.3 is 0 Å². The second-order valence-electron chi connectivity index (χ2n) is 6.03. The van der Waals surface area contributed by atoms with Crippen molar-refractivity contribution in [1.29, 1.82) is 5.26 Å². The third-order valence-corrected chi connectivity index (χ3v) is 4.62.